The van der Waals surface area contributed by atoms with Crippen LogP contribution in [0.1, 0.15) is 39.8 Å². The highest BCUT2D eigenvalue weighted by Gasteiger charge is 2.12. The van der Waals surface area contributed by atoms with E-state index in [1.807, 2.05) is 63.3 Å². The van der Waals surface area contributed by atoms with Gasteiger partial charge in [0.2, 0.25) is 0 Å². The topological polar surface area (TPSA) is 57.4 Å². The number of nitrogens with zero attached hydrogens (tertiary/aromatic N) is 1. The first-order valence-electron chi connectivity index (χ1n) is 9.06. The molecule has 0 saturated carbocycles. The predicted octanol–water partition coefficient (Wildman–Crippen LogP) is 4.98. The van der Waals surface area contributed by atoms with Crippen LogP contribution >= 0.6 is 0 Å². The van der Waals surface area contributed by atoms with Crippen molar-refractivity contribution < 1.29 is 9.47 Å². The summed E-state index contributed by atoms with van der Waals surface area (Å²) in [5, 5.41) is 0.972. The Bertz CT molecular complexity index is 832. The molecule has 144 valence electrons. The molecule has 0 aliphatic carbocycles. The van der Waals surface area contributed by atoms with Gasteiger partial charge in [0.25, 0.3) is 0 Å². The van der Waals surface area contributed by atoms with Gasteiger partial charge in [-0.05, 0) is 58.4 Å². The number of fused-ring (bicyclic) bond motifs is 1. The normalized spacial score (nSPS) is 12.3. The fourth-order valence-corrected chi connectivity index (χ4v) is 2.57. The van der Waals surface area contributed by atoms with Crippen molar-refractivity contribution in [3.8, 4) is 23.8 Å². The Morgan fingerprint density at radius 3 is 2.59 bits per heavy atom. The summed E-state index contributed by atoms with van der Waals surface area (Å²) in [5.74, 6) is 3.85. The molecular weight excluding hydrogens is 336 g/mol. The number of hydrogen-bond acceptors (Lipinski definition) is 4. The molecule has 0 saturated heterocycles. The number of methoxy groups -OCH3 is 1. The third-order valence-corrected chi connectivity index (χ3v) is 3.83. The van der Waals surface area contributed by atoms with E-state index in [0.717, 1.165) is 40.1 Å². The molecule has 0 spiro atoms. The van der Waals surface area contributed by atoms with Gasteiger partial charge in [0.1, 0.15) is 11.5 Å². The number of aromatic nitrogens is 1. The van der Waals surface area contributed by atoms with Crippen molar-refractivity contribution in [2.75, 3.05) is 13.7 Å². The minimum absolute atomic E-state index is 0.0475. The molecule has 0 aliphatic heterocycles. The molecule has 0 unspecified atom stereocenters. The lowest BCUT2D eigenvalue weighted by molar-refractivity contribution is 0.216. The maximum Gasteiger partial charge on any atom is 0.131 e. The summed E-state index contributed by atoms with van der Waals surface area (Å²) < 4.78 is 11.5. The monoisotopic (exact) mass is 366 g/mol. The number of ether oxygens (including phenoxy) is 2. The summed E-state index contributed by atoms with van der Waals surface area (Å²) in [6, 6.07) is 7.84. The molecule has 0 radical (unpaired) electrons. The number of benzene rings is 1. The van der Waals surface area contributed by atoms with Crippen molar-refractivity contribution in [3.63, 3.8) is 0 Å². The third-order valence-electron chi connectivity index (χ3n) is 3.83. The Morgan fingerprint density at radius 1 is 1.33 bits per heavy atom. The number of hydrogen-bond donors (Lipinski definition) is 1. The molecule has 0 amide bonds. The molecule has 27 heavy (non-hydrogen) atoms. The Hall–Kier alpha value is -2.77. The van der Waals surface area contributed by atoms with E-state index in [1.54, 1.807) is 14.0 Å². The van der Waals surface area contributed by atoms with Crippen LogP contribution in [0.2, 0.25) is 0 Å². The fraction of sp³-hybridized carbons (Fsp3) is 0.348. The molecule has 1 atom stereocenters. The van der Waals surface area contributed by atoms with Crippen LogP contribution in [0.4, 0.5) is 0 Å². The van der Waals surface area contributed by atoms with E-state index >= 15 is 0 Å². The van der Waals surface area contributed by atoms with Crippen molar-refractivity contribution >= 4 is 16.5 Å². The highest BCUT2D eigenvalue weighted by Crippen LogP contribution is 2.31. The molecule has 4 heteroatoms. The first-order chi connectivity index (χ1) is 13.0. The second kappa shape index (κ2) is 11.8. The van der Waals surface area contributed by atoms with E-state index in [2.05, 4.69) is 12.3 Å². The summed E-state index contributed by atoms with van der Waals surface area (Å²) in [6.45, 7) is 8.28. The van der Waals surface area contributed by atoms with Gasteiger partial charge in [-0.25, -0.2) is 4.98 Å². The molecule has 2 rings (SSSR count). The lowest BCUT2D eigenvalue weighted by Crippen LogP contribution is -2.17. The van der Waals surface area contributed by atoms with Crippen molar-refractivity contribution in [1.82, 2.24) is 4.98 Å². The molecule has 2 aromatic rings. The maximum absolute atomic E-state index is 6.14. The van der Waals surface area contributed by atoms with Crippen molar-refractivity contribution in [2.45, 2.75) is 40.2 Å². The summed E-state index contributed by atoms with van der Waals surface area (Å²) in [7, 11) is 1.66. The molecule has 4 nitrogen and oxygen atoms in total. The van der Waals surface area contributed by atoms with E-state index in [9.17, 15) is 0 Å². The summed E-state index contributed by atoms with van der Waals surface area (Å²) in [4.78, 5) is 4.78. The van der Waals surface area contributed by atoms with Crippen LogP contribution in [0.5, 0.6) is 11.5 Å². The smallest absolute Gasteiger partial charge is 0.131 e. The highest BCUT2D eigenvalue weighted by atomic mass is 16.5. The van der Waals surface area contributed by atoms with Gasteiger partial charge in [0, 0.05) is 17.5 Å². The molecule has 2 N–H and O–H groups in total. The minimum Gasteiger partial charge on any atom is -0.497 e. The van der Waals surface area contributed by atoms with Gasteiger partial charge in [-0.3, -0.25) is 0 Å². The van der Waals surface area contributed by atoms with Crippen molar-refractivity contribution in [1.29, 1.82) is 0 Å². The average Bonchev–Trinajstić information content (AvgIpc) is 2.66. The van der Waals surface area contributed by atoms with E-state index in [-0.39, 0.29) is 6.10 Å². The van der Waals surface area contributed by atoms with E-state index < -0.39 is 0 Å². The van der Waals surface area contributed by atoms with Crippen LogP contribution in [0.3, 0.4) is 0 Å². The number of terminal acetylenes is 1. The summed E-state index contributed by atoms with van der Waals surface area (Å²) in [6.07, 6.45) is 11.5. The van der Waals surface area contributed by atoms with Gasteiger partial charge in [-0.15, -0.1) is 12.3 Å². The van der Waals surface area contributed by atoms with E-state index in [4.69, 9.17) is 20.2 Å². The second-order valence-corrected chi connectivity index (χ2v) is 5.93. The van der Waals surface area contributed by atoms with Crippen LogP contribution in [0, 0.1) is 12.3 Å². The Labute approximate surface area is 163 Å². The standard InChI is InChI=1S/C20H26N2O2.C3H4/c1-5-7-15(6-2)18-13-20(24-14(3)10-11-21)17-9-8-16(23-4)12-19(17)22-18;1-3-2/h5-9,12-14H,10-11,21H2,1-4H3;1H,2H3/b7-5-,15-6+;/t14-;/m0./s1. The van der Waals surface area contributed by atoms with Gasteiger partial charge in [0.15, 0.2) is 0 Å². The molecule has 0 bridgehead atoms. The van der Waals surface area contributed by atoms with Crippen molar-refractivity contribution in [2.24, 2.45) is 5.73 Å². The van der Waals surface area contributed by atoms with E-state index in [1.165, 1.54) is 0 Å². The summed E-state index contributed by atoms with van der Waals surface area (Å²) in [5.41, 5.74) is 8.43. The largest absolute Gasteiger partial charge is 0.497 e. The number of pyridine rings is 1. The van der Waals surface area contributed by atoms with Gasteiger partial charge >= 0.3 is 0 Å². The van der Waals surface area contributed by atoms with Crippen LogP contribution in [0.15, 0.2) is 42.5 Å². The predicted molar refractivity (Wildman–Crippen MR) is 115 cm³/mol. The zero-order valence-electron chi connectivity index (χ0n) is 17.0. The minimum atomic E-state index is 0.0475. The van der Waals surface area contributed by atoms with Gasteiger partial charge in [-0.1, -0.05) is 18.2 Å². The Kier molecular flexibility index (Phi) is 9.71. The lowest BCUT2D eigenvalue weighted by Gasteiger charge is -2.17. The van der Waals surface area contributed by atoms with Crippen LogP contribution in [-0.4, -0.2) is 24.7 Å². The third kappa shape index (κ3) is 6.47. The molecule has 0 aliphatic rings. The SMILES string of the molecule is C#CC.C/C=C\C(=C/C)c1cc(O[C@@H](C)CCN)c2ccc(OC)cc2n1. The van der Waals surface area contributed by atoms with Gasteiger partial charge in [-0.2, -0.15) is 0 Å². The number of allylic oxidation sites excluding steroid dienone is 4. The highest BCUT2D eigenvalue weighted by molar-refractivity contribution is 5.89. The quantitative estimate of drug-likeness (QED) is 0.555. The van der Waals surface area contributed by atoms with Crippen LogP contribution in [0.25, 0.3) is 16.5 Å². The Balaban J connectivity index is 0.00000114. The van der Waals surface area contributed by atoms with Gasteiger partial charge in [0.05, 0.1) is 24.4 Å². The van der Waals surface area contributed by atoms with Crippen LogP contribution < -0.4 is 15.2 Å². The number of nitrogens with two attached hydrogens (primary N) is 1. The molecule has 1 aromatic carbocycles. The van der Waals surface area contributed by atoms with Crippen molar-refractivity contribution in [3.05, 3.63) is 48.2 Å². The molecule has 0 fully saturated rings. The second-order valence-electron chi connectivity index (χ2n) is 5.93. The lowest BCUT2D eigenvalue weighted by atomic mass is 10.1. The van der Waals surface area contributed by atoms with E-state index in [0.29, 0.717) is 6.54 Å². The van der Waals surface area contributed by atoms with Crippen LogP contribution in [-0.2, 0) is 0 Å². The average molecular weight is 367 g/mol. The first kappa shape index (κ1) is 22.3. The van der Waals surface area contributed by atoms with Gasteiger partial charge < -0.3 is 15.2 Å². The zero-order chi connectivity index (χ0) is 20.2. The molecule has 1 heterocycles. The number of rotatable bonds is 7. The molecule has 1 aromatic heterocycles. The zero-order valence-corrected chi connectivity index (χ0v) is 17.0. The summed E-state index contributed by atoms with van der Waals surface area (Å²) >= 11 is 0. The maximum atomic E-state index is 6.14. The Morgan fingerprint density at radius 2 is 2.04 bits per heavy atom. The molecular formula is C23H30N2O2. The first-order valence-corrected chi connectivity index (χ1v) is 9.06. The fourth-order valence-electron chi connectivity index (χ4n) is 2.57.